The van der Waals surface area contributed by atoms with E-state index in [1.807, 2.05) is 0 Å². The number of benzene rings is 1. The third-order valence-electron chi connectivity index (χ3n) is 3.88. The van der Waals surface area contributed by atoms with E-state index in [1.54, 1.807) is 18.2 Å². The van der Waals surface area contributed by atoms with E-state index in [-0.39, 0.29) is 11.7 Å². The molecular weight excluding hydrogens is 255 g/mol. The number of nitriles is 1. The lowest BCUT2D eigenvalue weighted by Gasteiger charge is -2.22. The van der Waals surface area contributed by atoms with E-state index < -0.39 is 0 Å². The highest BCUT2D eigenvalue weighted by atomic mass is 19.1. The summed E-state index contributed by atoms with van der Waals surface area (Å²) in [6, 6.07) is 8.55. The van der Waals surface area contributed by atoms with Crippen LogP contribution in [-0.4, -0.2) is 15.0 Å². The molecule has 1 aliphatic carbocycles. The van der Waals surface area contributed by atoms with E-state index in [9.17, 15) is 9.65 Å². The van der Waals surface area contributed by atoms with Gasteiger partial charge in [0.05, 0.1) is 5.69 Å². The summed E-state index contributed by atoms with van der Waals surface area (Å²) in [4.78, 5) is 0. The smallest absolute Gasteiger partial charge is 0.186 e. The number of hydrogen-bond donors (Lipinski definition) is 0. The quantitative estimate of drug-likeness (QED) is 0.841. The molecule has 0 atom stereocenters. The van der Waals surface area contributed by atoms with Crippen LogP contribution in [0.5, 0.6) is 0 Å². The molecule has 0 unspecified atom stereocenters. The highest BCUT2D eigenvalue weighted by molar-refractivity contribution is 5.39. The summed E-state index contributed by atoms with van der Waals surface area (Å²) in [7, 11) is 0. The molecule has 0 amide bonds. The van der Waals surface area contributed by atoms with Gasteiger partial charge < -0.3 is 0 Å². The van der Waals surface area contributed by atoms with Crippen LogP contribution in [-0.2, 0) is 0 Å². The highest BCUT2D eigenvalue weighted by Gasteiger charge is 2.26. The number of aromatic nitrogens is 3. The predicted octanol–water partition coefficient (Wildman–Crippen LogP) is 3.33. The van der Waals surface area contributed by atoms with E-state index >= 15 is 0 Å². The molecule has 1 heterocycles. The zero-order valence-electron chi connectivity index (χ0n) is 11.1. The fraction of sp³-hybridized carbons (Fsp3) is 0.400. The van der Waals surface area contributed by atoms with Gasteiger partial charge in [0.25, 0.3) is 0 Å². The summed E-state index contributed by atoms with van der Waals surface area (Å²) < 4.78 is 15.5. The van der Waals surface area contributed by atoms with Gasteiger partial charge in [0.15, 0.2) is 5.69 Å². The number of rotatable bonds is 2. The molecule has 0 saturated heterocycles. The molecular formula is C15H15FN4. The molecule has 0 aliphatic heterocycles. The van der Waals surface area contributed by atoms with Crippen molar-refractivity contribution in [2.45, 2.75) is 38.0 Å². The lowest BCUT2D eigenvalue weighted by atomic mass is 9.86. The Labute approximate surface area is 116 Å². The van der Waals surface area contributed by atoms with E-state index in [1.165, 1.54) is 17.2 Å². The Morgan fingerprint density at radius 2 is 1.95 bits per heavy atom. The predicted molar refractivity (Wildman–Crippen MR) is 71.9 cm³/mol. The molecule has 4 nitrogen and oxygen atoms in total. The standard InChI is InChI=1S/C15H15FN4/c16-12-8-4-5-9-14(12)20-15(13(10-17)18-19-20)11-6-2-1-3-7-11/h4-5,8-9,11H,1-3,6-7H2. The average Bonchev–Trinajstić information content (AvgIpc) is 2.92. The van der Waals surface area contributed by atoms with Crippen LogP contribution in [0.2, 0.25) is 0 Å². The van der Waals surface area contributed by atoms with Crippen LogP contribution in [0.3, 0.4) is 0 Å². The van der Waals surface area contributed by atoms with Crippen molar-refractivity contribution >= 4 is 0 Å². The fourth-order valence-corrected chi connectivity index (χ4v) is 2.91. The van der Waals surface area contributed by atoms with Gasteiger partial charge >= 0.3 is 0 Å². The molecule has 1 aliphatic rings. The first-order valence-electron chi connectivity index (χ1n) is 6.92. The van der Waals surface area contributed by atoms with Crippen molar-refractivity contribution in [2.75, 3.05) is 0 Å². The van der Waals surface area contributed by atoms with Gasteiger partial charge in [-0.1, -0.05) is 36.6 Å². The second-order valence-electron chi connectivity index (χ2n) is 5.13. The van der Waals surface area contributed by atoms with Gasteiger partial charge in [0, 0.05) is 5.92 Å². The van der Waals surface area contributed by atoms with Crippen molar-refractivity contribution in [1.82, 2.24) is 15.0 Å². The topological polar surface area (TPSA) is 54.5 Å². The minimum Gasteiger partial charge on any atom is -0.213 e. The Hall–Kier alpha value is -2.22. The average molecular weight is 270 g/mol. The van der Waals surface area contributed by atoms with Gasteiger partial charge in [-0.3, -0.25) is 0 Å². The van der Waals surface area contributed by atoms with Crippen LogP contribution in [0.15, 0.2) is 24.3 Å². The first kappa shape index (κ1) is 12.8. The number of hydrogen-bond acceptors (Lipinski definition) is 3. The molecule has 0 bridgehead atoms. The summed E-state index contributed by atoms with van der Waals surface area (Å²) in [5, 5.41) is 17.1. The Balaban J connectivity index is 2.10. The van der Waals surface area contributed by atoms with E-state index in [0.29, 0.717) is 11.4 Å². The zero-order chi connectivity index (χ0) is 13.9. The molecule has 1 fully saturated rings. The Morgan fingerprint density at radius 3 is 2.65 bits per heavy atom. The molecule has 1 saturated carbocycles. The molecule has 3 rings (SSSR count). The van der Waals surface area contributed by atoms with Crippen molar-refractivity contribution < 1.29 is 4.39 Å². The van der Waals surface area contributed by atoms with Crippen molar-refractivity contribution in [2.24, 2.45) is 0 Å². The van der Waals surface area contributed by atoms with Gasteiger partial charge in [-0.2, -0.15) is 5.26 Å². The first-order valence-corrected chi connectivity index (χ1v) is 6.92. The maximum absolute atomic E-state index is 14.0. The molecule has 20 heavy (non-hydrogen) atoms. The second-order valence-corrected chi connectivity index (χ2v) is 5.13. The normalized spacial score (nSPS) is 16.0. The Kier molecular flexibility index (Phi) is 3.46. The molecule has 5 heteroatoms. The van der Waals surface area contributed by atoms with E-state index in [4.69, 9.17) is 0 Å². The Morgan fingerprint density at radius 1 is 1.20 bits per heavy atom. The van der Waals surface area contributed by atoms with Gasteiger partial charge in [-0.15, -0.1) is 5.10 Å². The van der Waals surface area contributed by atoms with Gasteiger partial charge in [-0.25, -0.2) is 9.07 Å². The number of halogens is 1. The monoisotopic (exact) mass is 270 g/mol. The van der Waals surface area contributed by atoms with Crippen LogP contribution in [0, 0.1) is 17.1 Å². The summed E-state index contributed by atoms with van der Waals surface area (Å²) in [5.41, 5.74) is 1.44. The summed E-state index contributed by atoms with van der Waals surface area (Å²) >= 11 is 0. The van der Waals surface area contributed by atoms with Crippen molar-refractivity contribution in [3.05, 3.63) is 41.5 Å². The maximum Gasteiger partial charge on any atom is 0.186 e. The molecule has 2 aromatic rings. The largest absolute Gasteiger partial charge is 0.213 e. The van der Waals surface area contributed by atoms with Crippen LogP contribution >= 0.6 is 0 Å². The van der Waals surface area contributed by atoms with E-state index in [0.717, 1.165) is 31.4 Å². The van der Waals surface area contributed by atoms with Crippen molar-refractivity contribution in [3.8, 4) is 11.8 Å². The minimum absolute atomic E-state index is 0.244. The summed E-state index contributed by atoms with van der Waals surface area (Å²) in [6.45, 7) is 0. The fourth-order valence-electron chi connectivity index (χ4n) is 2.91. The number of para-hydroxylation sites is 1. The first-order chi connectivity index (χ1) is 9.81. The van der Waals surface area contributed by atoms with Crippen LogP contribution in [0.4, 0.5) is 4.39 Å². The zero-order valence-corrected chi connectivity index (χ0v) is 11.1. The second kappa shape index (κ2) is 5.41. The molecule has 1 aromatic heterocycles. The lowest BCUT2D eigenvalue weighted by Crippen LogP contribution is -2.13. The van der Waals surface area contributed by atoms with Crippen LogP contribution < -0.4 is 0 Å². The third-order valence-corrected chi connectivity index (χ3v) is 3.88. The highest BCUT2D eigenvalue weighted by Crippen LogP contribution is 2.34. The molecule has 102 valence electrons. The van der Waals surface area contributed by atoms with Gasteiger partial charge in [-0.05, 0) is 25.0 Å². The van der Waals surface area contributed by atoms with Gasteiger partial charge in [0.1, 0.15) is 17.6 Å². The van der Waals surface area contributed by atoms with E-state index in [2.05, 4.69) is 16.4 Å². The number of nitrogens with zero attached hydrogens (tertiary/aromatic N) is 4. The minimum atomic E-state index is -0.348. The van der Waals surface area contributed by atoms with Crippen LogP contribution in [0.1, 0.15) is 49.4 Å². The van der Waals surface area contributed by atoms with Crippen molar-refractivity contribution in [3.63, 3.8) is 0 Å². The molecule has 1 aromatic carbocycles. The lowest BCUT2D eigenvalue weighted by molar-refractivity contribution is 0.428. The third kappa shape index (κ3) is 2.18. The molecule has 0 radical (unpaired) electrons. The van der Waals surface area contributed by atoms with Gasteiger partial charge in [0.2, 0.25) is 0 Å². The Bertz CT molecular complexity index is 650. The summed E-state index contributed by atoms with van der Waals surface area (Å²) in [6.07, 6.45) is 5.52. The maximum atomic E-state index is 14.0. The summed E-state index contributed by atoms with van der Waals surface area (Å²) in [5.74, 6) is -0.105. The molecule has 0 spiro atoms. The SMILES string of the molecule is N#Cc1nnn(-c2ccccc2F)c1C1CCCCC1. The van der Waals surface area contributed by atoms with Crippen LogP contribution in [0.25, 0.3) is 5.69 Å². The van der Waals surface area contributed by atoms with Crippen molar-refractivity contribution in [1.29, 1.82) is 5.26 Å². The molecule has 0 N–H and O–H groups in total.